The van der Waals surface area contributed by atoms with Gasteiger partial charge >= 0.3 is 5.97 Å². The van der Waals surface area contributed by atoms with Crippen LogP contribution in [0.5, 0.6) is 0 Å². The molecule has 2 aromatic heterocycles. The van der Waals surface area contributed by atoms with Crippen molar-refractivity contribution in [3.8, 4) is 11.1 Å². The maximum atomic E-state index is 10.7. The van der Waals surface area contributed by atoms with Crippen LogP contribution in [0.15, 0.2) is 24.5 Å². The largest absolute Gasteiger partial charge is 0.481 e. The fourth-order valence-corrected chi connectivity index (χ4v) is 1.97. The third kappa shape index (κ3) is 2.40. The number of aliphatic carboxylic acids is 1. The number of pyridine rings is 1. The van der Waals surface area contributed by atoms with Gasteiger partial charge in [-0.1, -0.05) is 0 Å². The van der Waals surface area contributed by atoms with E-state index in [1.165, 1.54) is 0 Å². The first kappa shape index (κ1) is 12.3. The number of carbonyl (C=O) groups is 1. The lowest BCUT2D eigenvalue weighted by molar-refractivity contribution is -0.136. The van der Waals surface area contributed by atoms with Crippen molar-refractivity contribution in [2.75, 3.05) is 0 Å². The van der Waals surface area contributed by atoms with Crippen molar-refractivity contribution >= 4 is 5.97 Å². The van der Waals surface area contributed by atoms with Crippen molar-refractivity contribution in [3.63, 3.8) is 0 Å². The van der Waals surface area contributed by atoms with Gasteiger partial charge in [-0.3, -0.25) is 14.5 Å². The van der Waals surface area contributed by atoms with E-state index in [0.29, 0.717) is 6.42 Å². The van der Waals surface area contributed by atoms with Gasteiger partial charge in [0, 0.05) is 37.1 Å². The van der Waals surface area contributed by atoms with E-state index in [0.717, 1.165) is 22.5 Å². The highest BCUT2D eigenvalue weighted by Crippen LogP contribution is 2.27. The fraction of sp³-hybridized carbons (Fsp3) is 0.308. The van der Waals surface area contributed by atoms with Crippen LogP contribution in [0, 0.1) is 6.92 Å². The highest BCUT2D eigenvalue weighted by Gasteiger charge is 2.15. The van der Waals surface area contributed by atoms with Crippen LogP contribution in [0.2, 0.25) is 0 Å². The topological polar surface area (TPSA) is 68.0 Å². The molecule has 0 saturated carbocycles. The van der Waals surface area contributed by atoms with Crippen LogP contribution in [0.3, 0.4) is 0 Å². The zero-order valence-corrected chi connectivity index (χ0v) is 10.4. The molecule has 1 N–H and O–H groups in total. The van der Waals surface area contributed by atoms with Crippen molar-refractivity contribution < 1.29 is 9.90 Å². The molecule has 5 nitrogen and oxygen atoms in total. The van der Waals surface area contributed by atoms with Gasteiger partial charge in [0.25, 0.3) is 0 Å². The molecule has 2 aromatic rings. The van der Waals surface area contributed by atoms with Crippen molar-refractivity contribution in [2.24, 2.45) is 7.05 Å². The van der Waals surface area contributed by atoms with E-state index in [1.807, 2.05) is 26.1 Å². The Hall–Kier alpha value is -2.17. The summed E-state index contributed by atoms with van der Waals surface area (Å²) in [5, 5.41) is 13.2. The summed E-state index contributed by atoms with van der Waals surface area (Å²) in [4.78, 5) is 14.7. The monoisotopic (exact) mass is 245 g/mol. The summed E-state index contributed by atoms with van der Waals surface area (Å²) in [6.07, 6.45) is 3.98. The summed E-state index contributed by atoms with van der Waals surface area (Å²) in [6, 6.07) is 3.82. The smallest absolute Gasteiger partial charge is 0.303 e. The molecule has 0 unspecified atom stereocenters. The van der Waals surface area contributed by atoms with Crippen LogP contribution in [0.4, 0.5) is 0 Å². The third-order valence-corrected chi connectivity index (χ3v) is 2.95. The van der Waals surface area contributed by atoms with Crippen molar-refractivity contribution in [2.45, 2.75) is 19.8 Å². The molecule has 18 heavy (non-hydrogen) atoms. The molecular weight excluding hydrogens is 230 g/mol. The van der Waals surface area contributed by atoms with Gasteiger partial charge in [-0.25, -0.2) is 0 Å². The maximum Gasteiger partial charge on any atom is 0.303 e. The van der Waals surface area contributed by atoms with Gasteiger partial charge in [0.15, 0.2) is 0 Å². The fourth-order valence-electron chi connectivity index (χ4n) is 1.97. The number of rotatable bonds is 4. The molecule has 5 heteroatoms. The van der Waals surface area contributed by atoms with Gasteiger partial charge in [-0.05, 0) is 24.6 Å². The summed E-state index contributed by atoms with van der Waals surface area (Å²) in [5.41, 5.74) is 3.89. The second-order valence-corrected chi connectivity index (χ2v) is 4.16. The van der Waals surface area contributed by atoms with Crippen LogP contribution in [-0.2, 0) is 18.3 Å². The zero-order chi connectivity index (χ0) is 13.1. The molecular formula is C13H15N3O2. The van der Waals surface area contributed by atoms with E-state index in [1.54, 1.807) is 17.1 Å². The number of aryl methyl sites for hydroxylation is 2. The highest BCUT2D eigenvalue weighted by molar-refractivity contribution is 5.70. The molecule has 2 heterocycles. The Bertz CT molecular complexity index is 561. The Labute approximate surface area is 105 Å². The lowest BCUT2D eigenvalue weighted by atomic mass is 10.0. The summed E-state index contributed by atoms with van der Waals surface area (Å²) < 4.78 is 1.78. The highest BCUT2D eigenvalue weighted by atomic mass is 16.4. The number of hydrogen-bond acceptors (Lipinski definition) is 3. The second kappa shape index (κ2) is 5.00. The summed E-state index contributed by atoms with van der Waals surface area (Å²) in [5.74, 6) is -0.806. The van der Waals surface area contributed by atoms with Gasteiger partial charge in [-0.2, -0.15) is 5.10 Å². The minimum Gasteiger partial charge on any atom is -0.481 e. The Balaban J connectivity index is 2.42. The third-order valence-electron chi connectivity index (χ3n) is 2.95. The minimum absolute atomic E-state index is 0.0918. The zero-order valence-electron chi connectivity index (χ0n) is 10.4. The number of hydrogen-bond donors (Lipinski definition) is 1. The predicted octanol–water partition coefficient (Wildman–Crippen LogP) is 1.81. The van der Waals surface area contributed by atoms with E-state index >= 15 is 0 Å². The lowest BCUT2D eigenvalue weighted by Crippen LogP contribution is -1.99. The molecule has 0 spiro atoms. The molecule has 0 aliphatic heterocycles. The van der Waals surface area contributed by atoms with Gasteiger partial charge in [-0.15, -0.1) is 0 Å². The van der Waals surface area contributed by atoms with Crippen LogP contribution in [0.1, 0.15) is 17.8 Å². The molecule has 0 bridgehead atoms. The number of nitrogens with zero attached hydrogens (tertiary/aromatic N) is 3. The molecule has 0 amide bonds. The summed E-state index contributed by atoms with van der Waals surface area (Å²) >= 11 is 0. The first-order chi connectivity index (χ1) is 8.59. The molecule has 0 aliphatic carbocycles. The van der Waals surface area contributed by atoms with Crippen LogP contribution < -0.4 is 0 Å². The molecule has 0 aromatic carbocycles. The molecule has 0 fully saturated rings. The SMILES string of the molecule is Cc1c(-c2ccncc2)c(CCC(=O)O)nn1C. The van der Waals surface area contributed by atoms with E-state index in [4.69, 9.17) is 5.11 Å². The quantitative estimate of drug-likeness (QED) is 0.892. The number of aromatic nitrogens is 3. The molecule has 2 rings (SSSR count). The second-order valence-electron chi connectivity index (χ2n) is 4.16. The standard InChI is InChI=1S/C13H15N3O2/c1-9-13(10-5-7-14-8-6-10)11(15-16(9)2)3-4-12(17)18/h5-8H,3-4H2,1-2H3,(H,17,18). The van der Waals surface area contributed by atoms with Crippen molar-refractivity contribution in [3.05, 3.63) is 35.9 Å². The van der Waals surface area contributed by atoms with Gasteiger partial charge in [0.2, 0.25) is 0 Å². The first-order valence-electron chi connectivity index (χ1n) is 5.74. The van der Waals surface area contributed by atoms with Gasteiger partial charge in [0.05, 0.1) is 12.1 Å². The summed E-state index contributed by atoms with van der Waals surface area (Å²) in [7, 11) is 1.87. The minimum atomic E-state index is -0.806. The van der Waals surface area contributed by atoms with Crippen molar-refractivity contribution in [1.29, 1.82) is 0 Å². The molecule has 0 radical (unpaired) electrons. The van der Waals surface area contributed by atoms with E-state index in [9.17, 15) is 4.79 Å². The lowest BCUT2D eigenvalue weighted by Gasteiger charge is -2.03. The van der Waals surface area contributed by atoms with E-state index in [2.05, 4.69) is 10.1 Å². The molecule has 94 valence electrons. The van der Waals surface area contributed by atoms with Crippen LogP contribution in [-0.4, -0.2) is 25.8 Å². The molecule has 0 saturated heterocycles. The molecule has 0 atom stereocenters. The Morgan fingerprint density at radius 3 is 2.67 bits per heavy atom. The van der Waals surface area contributed by atoms with Crippen LogP contribution in [0.25, 0.3) is 11.1 Å². The number of carboxylic acid groups (broad SMARTS) is 1. The average molecular weight is 245 g/mol. The summed E-state index contributed by atoms with van der Waals surface area (Å²) in [6.45, 7) is 1.98. The predicted molar refractivity (Wildman–Crippen MR) is 67.1 cm³/mol. The Morgan fingerprint density at radius 2 is 2.06 bits per heavy atom. The van der Waals surface area contributed by atoms with E-state index in [-0.39, 0.29) is 6.42 Å². The average Bonchev–Trinajstić information content (AvgIpc) is 2.64. The Kier molecular flexibility index (Phi) is 3.41. The Morgan fingerprint density at radius 1 is 1.39 bits per heavy atom. The first-order valence-corrected chi connectivity index (χ1v) is 5.74. The molecule has 0 aliphatic rings. The van der Waals surface area contributed by atoms with Crippen molar-refractivity contribution in [1.82, 2.24) is 14.8 Å². The van der Waals surface area contributed by atoms with E-state index < -0.39 is 5.97 Å². The maximum absolute atomic E-state index is 10.7. The van der Waals surface area contributed by atoms with Gasteiger partial charge in [0.1, 0.15) is 0 Å². The van der Waals surface area contributed by atoms with Gasteiger partial charge < -0.3 is 5.11 Å². The van der Waals surface area contributed by atoms with Crippen LogP contribution >= 0.6 is 0 Å². The normalized spacial score (nSPS) is 10.6. The number of carboxylic acids is 1.